The first kappa shape index (κ1) is 23.3. The Kier molecular flexibility index (Phi) is 6.71. The van der Waals surface area contributed by atoms with Gasteiger partial charge in [0, 0.05) is 21.7 Å². The molecule has 0 bridgehead atoms. The Hall–Kier alpha value is -1.82. The van der Waals surface area contributed by atoms with Crippen molar-refractivity contribution in [2.24, 2.45) is 5.92 Å². The third-order valence-electron chi connectivity index (χ3n) is 6.80. The van der Waals surface area contributed by atoms with Crippen LogP contribution >= 0.6 is 23.2 Å². The molecule has 0 amide bonds. The molecule has 4 rings (SSSR count). The van der Waals surface area contributed by atoms with Gasteiger partial charge in [-0.05, 0) is 99.8 Å². The van der Waals surface area contributed by atoms with Gasteiger partial charge < -0.3 is 9.84 Å². The predicted molar refractivity (Wildman–Crippen MR) is 125 cm³/mol. The molecule has 0 spiro atoms. The van der Waals surface area contributed by atoms with E-state index < -0.39 is 11.8 Å². The van der Waals surface area contributed by atoms with E-state index >= 15 is 0 Å². The highest BCUT2D eigenvalue weighted by molar-refractivity contribution is 6.34. The molecule has 0 radical (unpaired) electrons. The minimum Gasteiger partial charge on any atom is -0.493 e. The van der Waals surface area contributed by atoms with Crippen molar-refractivity contribution in [3.8, 4) is 5.75 Å². The topological polar surface area (TPSA) is 49.8 Å². The molecule has 1 N–H and O–H groups in total. The first-order valence-electron chi connectivity index (χ1n) is 11.1. The monoisotopic (exact) mass is 479 g/mol. The fourth-order valence-corrected chi connectivity index (χ4v) is 5.06. The van der Waals surface area contributed by atoms with Crippen LogP contribution in [-0.4, -0.2) is 35.7 Å². The largest absolute Gasteiger partial charge is 0.493 e. The van der Waals surface area contributed by atoms with Crippen LogP contribution in [0.3, 0.4) is 0 Å². The second-order valence-corrected chi connectivity index (χ2v) is 10.3. The molecule has 2 aromatic carbocycles. The second kappa shape index (κ2) is 9.20. The summed E-state index contributed by atoms with van der Waals surface area (Å²) in [5.41, 5.74) is 1.43. The van der Waals surface area contributed by atoms with E-state index in [0.717, 1.165) is 49.9 Å². The van der Waals surface area contributed by atoms with Crippen molar-refractivity contribution < 1.29 is 19.0 Å². The van der Waals surface area contributed by atoms with Gasteiger partial charge in [-0.15, -0.1) is 0 Å². The van der Waals surface area contributed by atoms with Crippen LogP contribution in [0.5, 0.6) is 5.75 Å². The molecule has 0 aromatic heterocycles. The van der Waals surface area contributed by atoms with Crippen LogP contribution in [0.1, 0.15) is 66.9 Å². The van der Waals surface area contributed by atoms with Gasteiger partial charge in [-0.2, -0.15) is 0 Å². The number of likely N-dealkylation sites (tertiary alicyclic amines) is 1. The van der Waals surface area contributed by atoms with Crippen molar-refractivity contribution in [2.45, 2.75) is 51.0 Å². The number of carboxylic acid groups (broad SMARTS) is 1. The number of aromatic carboxylic acids is 1. The van der Waals surface area contributed by atoms with E-state index in [2.05, 4.69) is 18.7 Å². The van der Waals surface area contributed by atoms with E-state index in [1.54, 1.807) is 6.07 Å². The summed E-state index contributed by atoms with van der Waals surface area (Å²) < 4.78 is 20.3. The Morgan fingerprint density at radius 2 is 1.72 bits per heavy atom. The van der Waals surface area contributed by atoms with E-state index in [9.17, 15) is 14.3 Å². The van der Waals surface area contributed by atoms with Gasteiger partial charge in [0.2, 0.25) is 0 Å². The molecular formula is C25H28Cl2FNO3. The fourth-order valence-electron chi connectivity index (χ4n) is 4.53. The van der Waals surface area contributed by atoms with E-state index in [0.29, 0.717) is 28.3 Å². The molecule has 7 heteroatoms. The number of ether oxygens (including phenoxy) is 1. The number of rotatable bonds is 7. The number of hydrogen-bond acceptors (Lipinski definition) is 3. The zero-order valence-corrected chi connectivity index (χ0v) is 19.8. The molecule has 2 fully saturated rings. The van der Waals surface area contributed by atoms with Gasteiger partial charge >= 0.3 is 5.97 Å². The molecule has 0 atom stereocenters. The third kappa shape index (κ3) is 5.05. The highest BCUT2D eigenvalue weighted by Crippen LogP contribution is 2.45. The molecule has 2 aliphatic rings. The summed E-state index contributed by atoms with van der Waals surface area (Å²) in [5.74, 6) is -0.859. The van der Waals surface area contributed by atoms with Gasteiger partial charge in [0.15, 0.2) is 0 Å². The number of carboxylic acids is 1. The lowest BCUT2D eigenvalue weighted by Crippen LogP contribution is -2.46. The van der Waals surface area contributed by atoms with Crippen LogP contribution < -0.4 is 4.74 Å². The first-order valence-corrected chi connectivity index (χ1v) is 11.8. The molecule has 1 aliphatic carbocycles. The van der Waals surface area contributed by atoms with Crippen molar-refractivity contribution >= 4 is 29.2 Å². The van der Waals surface area contributed by atoms with Crippen LogP contribution in [0.15, 0.2) is 30.3 Å². The average molecular weight is 480 g/mol. The first-order chi connectivity index (χ1) is 15.1. The number of benzene rings is 2. The number of carbonyl (C=O) groups is 1. The lowest BCUT2D eigenvalue weighted by molar-refractivity contribution is 0.0596. The average Bonchev–Trinajstić information content (AvgIpc) is 3.57. The molecule has 1 saturated carbocycles. The minimum absolute atomic E-state index is 0.199. The van der Waals surface area contributed by atoms with Gasteiger partial charge in [0.25, 0.3) is 0 Å². The maximum atomic E-state index is 14.2. The van der Waals surface area contributed by atoms with E-state index in [1.807, 2.05) is 12.1 Å². The number of halogens is 3. The summed E-state index contributed by atoms with van der Waals surface area (Å²) in [4.78, 5) is 13.7. The summed E-state index contributed by atoms with van der Waals surface area (Å²) in [7, 11) is 0. The molecule has 0 unspecified atom stereocenters. The van der Waals surface area contributed by atoms with Crippen molar-refractivity contribution in [2.75, 3.05) is 19.7 Å². The SMILES string of the molecule is CC(C)(c1cc(Cl)cc(Cl)c1)N1CCC(COc2cc(F)c(C(=O)O)cc2C2CC2)CC1. The van der Waals surface area contributed by atoms with Gasteiger partial charge in [-0.25, -0.2) is 9.18 Å². The standard InChI is InChI=1S/C25H28Cl2FNO3/c1-25(2,17-9-18(26)11-19(27)10-17)29-7-5-15(6-8-29)14-32-23-13-22(28)21(24(30)31)12-20(23)16-3-4-16/h9-13,15-16H,3-8,14H2,1-2H3,(H,30,31). The highest BCUT2D eigenvalue weighted by Gasteiger charge is 2.33. The van der Waals surface area contributed by atoms with Crippen LogP contribution in [0.25, 0.3) is 0 Å². The summed E-state index contributed by atoms with van der Waals surface area (Å²) in [5, 5.41) is 10.5. The van der Waals surface area contributed by atoms with Gasteiger partial charge in [0.05, 0.1) is 12.2 Å². The molecule has 4 nitrogen and oxygen atoms in total. The molecule has 32 heavy (non-hydrogen) atoms. The highest BCUT2D eigenvalue weighted by atomic mass is 35.5. The number of piperidine rings is 1. The van der Waals surface area contributed by atoms with Crippen LogP contribution in [0.2, 0.25) is 10.0 Å². The fraction of sp³-hybridized carbons (Fsp3) is 0.480. The molecule has 172 valence electrons. The lowest BCUT2D eigenvalue weighted by atomic mass is 9.88. The van der Waals surface area contributed by atoms with Crippen molar-refractivity contribution in [3.63, 3.8) is 0 Å². The van der Waals surface area contributed by atoms with Gasteiger partial charge in [-0.1, -0.05) is 23.2 Å². The maximum Gasteiger partial charge on any atom is 0.338 e. The van der Waals surface area contributed by atoms with E-state index in [-0.39, 0.29) is 17.0 Å². The van der Waals surface area contributed by atoms with Gasteiger partial charge in [-0.3, -0.25) is 4.90 Å². The molecule has 1 saturated heterocycles. The Bertz CT molecular complexity index is 994. The van der Waals surface area contributed by atoms with E-state index in [4.69, 9.17) is 27.9 Å². The van der Waals surface area contributed by atoms with Crippen molar-refractivity contribution in [3.05, 3.63) is 62.9 Å². The third-order valence-corrected chi connectivity index (χ3v) is 7.23. The summed E-state index contributed by atoms with van der Waals surface area (Å²) in [6.45, 7) is 6.68. The molecular weight excluding hydrogens is 452 g/mol. The quantitative estimate of drug-likeness (QED) is 0.477. The minimum atomic E-state index is -1.24. The number of hydrogen-bond donors (Lipinski definition) is 1. The summed E-state index contributed by atoms with van der Waals surface area (Å²) in [6, 6.07) is 8.38. The normalized spacial score (nSPS) is 18.0. The predicted octanol–water partition coefficient (Wildman–Crippen LogP) is 6.73. The zero-order chi connectivity index (χ0) is 23.0. The zero-order valence-electron chi connectivity index (χ0n) is 18.3. The Morgan fingerprint density at radius 1 is 1.09 bits per heavy atom. The van der Waals surface area contributed by atoms with Crippen LogP contribution in [0.4, 0.5) is 4.39 Å². The summed E-state index contributed by atoms with van der Waals surface area (Å²) >= 11 is 12.4. The van der Waals surface area contributed by atoms with E-state index in [1.165, 1.54) is 12.1 Å². The lowest BCUT2D eigenvalue weighted by Gasteiger charge is -2.43. The smallest absolute Gasteiger partial charge is 0.338 e. The van der Waals surface area contributed by atoms with Crippen LogP contribution in [-0.2, 0) is 5.54 Å². The molecule has 1 heterocycles. The second-order valence-electron chi connectivity index (χ2n) is 9.41. The summed E-state index contributed by atoms with van der Waals surface area (Å²) in [6.07, 6.45) is 3.91. The molecule has 2 aromatic rings. The number of nitrogens with zero attached hydrogens (tertiary/aromatic N) is 1. The Morgan fingerprint density at radius 3 is 2.28 bits per heavy atom. The van der Waals surface area contributed by atoms with Crippen molar-refractivity contribution in [1.82, 2.24) is 4.90 Å². The van der Waals surface area contributed by atoms with Crippen molar-refractivity contribution in [1.29, 1.82) is 0 Å². The van der Waals surface area contributed by atoms with Crippen LogP contribution in [0, 0.1) is 11.7 Å². The Labute approximate surface area is 198 Å². The maximum absolute atomic E-state index is 14.2. The van der Waals surface area contributed by atoms with Gasteiger partial charge in [0.1, 0.15) is 11.6 Å². The molecule has 1 aliphatic heterocycles. The Balaban J connectivity index is 1.39.